The number of carbonyl (C=O) groups is 1. The first-order chi connectivity index (χ1) is 11.3. The third-order valence-corrected chi connectivity index (χ3v) is 6.15. The van der Waals surface area contributed by atoms with Gasteiger partial charge in [0.1, 0.15) is 5.75 Å². The molecule has 0 atom stereocenters. The summed E-state index contributed by atoms with van der Waals surface area (Å²) in [5, 5.41) is 2.90. The molecule has 1 fully saturated rings. The highest BCUT2D eigenvalue weighted by Gasteiger charge is 2.32. The second-order valence-electron chi connectivity index (χ2n) is 6.47. The van der Waals surface area contributed by atoms with Crippen molar-refractivity contribution in [3.05, 3.63) is 23.8 Å². The molecule has 0 aromatic heterocycles. The van der Waals surface area contributed by atoms with Crippen LogP contribution in [0.2, 0.25) is 0 Å². The number of aryl methyl sites for hydroxylation is 1. The van der Waals surface area contributed by atoms with E-state index >= 15 is 0 Å². The molecule has 0 radical (unpaired) electrons. The number of amides is 1. The molecule has 24 heavy (non-hydrogen) atoms. The molecule has 6 nitrogen and oxygen atoms in total. The molecule has 1 aromatic rings. The number of hydrogen-bond donors (Lipinski definition) is 1. The molecule has 1 heterocycles. The van der Waals surface area contributed by atoms with E-state index in [0.29, 0.717) is 31.7 Å². The first kappa shape index (κ1) is 18.7. The lowest BCUT2D eigenvalue weighted by molar-refractivity contribution is -0.126. The third-order valence-electron chi connectivity index (χ3n) is 4.26. The molecule has 7 heteroatoms. The van der Waals surface area contributed by atoms with Gasteiger partial charge in [-0.05, 0) is 57.4 Å². The van der Waals surface area contributed by atoms with E-state index in [0.717, 1.165) is 5.56 Å². The topological polar surface area (TPSA) is 75.7 Å². The summed E-state index contributed by atoms with van der Waals surface area (Å²) in [6.45, 7) is 6.39. The predicted molar refractivity (Wildman–Crippen MR) is 92.5 cm³/mol. The largest absolute Gasteiger partial charge is 0.496 e. The maximum absolute atomic E-state index is 12.8. The Bertz CT molecular complexity index is 693. The Hall–Kier alpha value is -1.60. The van der Waals surface area contributed by atoms with Gasteiger partial charge >= 0.3 is 0 Å². The molecule has 1 aromatic carbocycles. The second-order valence-corrected chi connectivity index (χ2v) is 8.41. The summed E-state index contributed by atoms with van der Waals surface area (Å²) in [5.74, 6) is 0.566. The highest BCUT2D eigenvalue weighted by molar-refractivity contribution is 7.89. The van der Waals surface area contributed by atoms with E-state index in [1.54, 1.807) is 25.3 Å². The van der Waals surface area contributed by atoms with Crippen LogP contribution < -0.4 is 10.1 Å². The Morgan fingerprint density at radius 2 is 1.92 bits per heavy atom. The highest BCUT2D eigenvalue weighted by Crippen LogP contribution is 2.27. The van der Waals surface area contributed by atoms with Crippen LogP contribution in [0.25, 0.3) is 0 Å². The van der Waals surface area contributed by atoms with Crippen LogP contribution in [0.3, 0.4) is 0 Å². The lowest BCUT2D eigenvalue weighted by Crippen LogP contribution is -2.44. The lowest BCUT2D eigenvalue weighted by atomic mass is 9.97. The summed E-state index contributed by atoms with van der Waals surface area (Å²) in [7, 11) is -1.98. The molecule has 0 bridgehead atoms. The van der Waals surface area contributed by atoms with Gasteiger partial charge in [0.05, 0.1) is 12.0 Å². The maximum atomic E-state index is 12.8. The van der Waals surface area contributed by atoms with Gasteiger partial charge in [-0.15, -0.1) is 0 Å². The van der Waals surface area contributed by atoms with Gasteiger partial charge < -0.3 is 10.1 Å². The first-order valence-corrected chi connectivity index (χ1v) is 9.65. The van der Waals surface area contributed by atoms with Crippen molar-refractivity contribution in [1.82, 2.24) is 9.62 Å². The van der Waals surface area contributed by atoms with Gasteiger partial charge in [0.25, 0.3) is 0 Å². The average molecular weight is 354 g/mol. The minimum absolute atomic E-state index is 0.0161. The molecule has 1 N–H and O–H groups in total. The van der Waals surface area contributed by atoms with E-state index in [4.69, 9.17) is 4.74 Å². The van der Waals surface area contributed by atoms with Crippen LogP contribution in [-0.4, -0.2) is 44.9 Å². The second kappa shape index (κ2) is 7.53. The van der Waals surface area contributed by atoms with Gasteiger partial charge in [0.15, 0.2) is 0 Å². The first-order valence-electron chi connectivity index (χ1n) is 8.21. The van der Waals surface area contributed by atoms with Crippen molar-refractivity contribution in [3.8, 4) is 5.75 Å². The lowest BCUT2D eigenvalue weighted by Gasteiger charge is -2.31. The van der Waals surface area contributed by atoms with E-state index in [1.165, 1.54) is 4.31 Å². The van der Waals surface area contributed by atoms with Crippen LogP contribution in [0.15, 0.2) is 23.1 Å². The number of sulfonamides is 1. The summed E-state index contributed by atoms with van der Waals surface area (Å²) < 4.78 is 32.2. The van der Waals surface area contributed by atoms with Gasteiger partial charge in [0.2, 0.25) is 15.9 Å². The smallest absolute Gasteiger partial charge is 0.243 e. The molecule has 2 rings (SSSR count). The Morgan fingerprint density at radius 1 is 1.29 bits per heavy atom. The zero-order valence-corrected chi connectivity index (χ0v) is 15.5. The van der Waals surface area contributed by atoms with Crippen molar-refractivity contribution in [2.75, 3.05) is 20.2 Å². The Balaban J connectivity index is 2.07. The summed E-state index contributed by atoms with van der Waals surface area (Å²) in [5.41, 5.74) is 0.782. The molecular formula is C17H26N2O4S. The Kier molecular flexibility index (Phi) is 5.87. The molecule has 1 saturated heterocycles. The molecule has 0 aliphatic carbocycles. The van der Waals surface area contributed by atoms with Gasteiger partial charge in [-0.2, -0.15) is 4.31 Å². The van der Waals surface area contributed by atoms with Crippen molar-refractivity contribution in [2.24, 2.45) is 5.92 Å². The molecule has 0 spiro atoms. The van der Waals surface area contributed by atoms with E-state index in [-0.39, 0.29) is 22.8 Å². The average Bonchev–Trinajstić information content (AvgIpc) is 2.54. The van der Waals surface area contributed by atoms with Gasteiger partial charge in [-0.1, -0.05) is 0 Å². The van der Waals surface area contributed by atoms with E-state index in [9.17, 15) is 13.2 Å². The Morgan fingerprint density at radius 3 is 2.42 bits per heavy atom. The highest BCUT2D eigenvalue weighted by atomic mass is 32.2. The van der Waals surface area contributed by atoms with Crippen LogP contribution in [0, 0.1) is 12.8 Å². The number of carbonyl (C=O) groups excluding carboxylic acids is 1. The van der Waals surface area contributed by atoms with Crippen LogP contribution in [0.4, 0.5) is 0 Å². The number of methoxy groups -OCH3 is 1. The van der Waals surface area contributed by atoms with Gasteiger partial charge in [-0.25, -0.2) is 8.42 Å². The van der Waals surface area contributed by atoms with Crippen molar-refractivity contribution in [3.63, 3.8) is 0 Å². The zero-order valence-electron chi connectivity index (χ0n) is 14.7. The summed E-state index contributed by atoms with van der Waals surface area (Å²) >= 11 is 0. The van der Waals surface area contributed by atoms with Gasteiger partial charge in [0, 0.05) is 25.0 Å². The van der Waals surface area contributed by atoms with Crippen LogP contribution in [0.1, 0.15) is 32.3 Å². The molecule has 0 saturated carbocycles. The van der Waals surface area contributed by atoms with E-state index < -0.39 is 10.0 Å². The van der Waals surface area contributed by atoms with Gasteiger partial charge in [-0.3, -0.25) is 4.79 Å². The quantitative estimate of drug-likeness (QED) is 0.877. The fourth-order valence-corrected chi connectivity index (χ4v) is 4.48. The molecule has 1 aliphatic rings. The zero-order chi connectivity index (χ0) is 17.9. The summed E-state index contributed by atoms with van der Waals surface area (Å²) in [6, 6.07) is 4.97. The number of hydrogen-bond acceptors (Lipinski definition) is 4. The van der Waals surface area contributed by atoms with Crippen LogP contribution >= 0.6 is 0 Å². The predicted octanol–water partition coefficient (Wildman–Crippen LogP) is 1.93. The van der Waals surface area contributed by atoms with Crippen LogP contribution in [0.5, 0.6) is 5.75 Å². The standard InChI is InChI=1S/C17H26N2O4S/c1-12(2)18-17(20)14-7-9-19(10-8-14)24(21,22)15-5-6-16(23-4)13(3)11-15/h5-6,11-12,14H,7-10H2,1-4H3,(H,18,20). The normalized spacial score (nSPS) is 17.0. The van der Waals surface area contributed by atoms with Crippen molar-refractivity contribution in [2.45, 2.75) is 44.6 Å². The molecular weight excluding hydrogens is 328 g/mol. The number of nitrogens with zero attached hydrogens (tertiary/aromatic N) is 1. The van der Waals surface area contributed by atoms with Crippen molar-refractivity contribution in [1.29, 1.82) is 0 Å². The molecule has 1 aliphatic heterocycles. The number of benzene rings is 1. The molecule has 0 unspecified atom stereocenters. The number of nitrogens with one attached hydrogen (secondary N) is 1. The minimum atomic E-state index is -3.54. The number of ether oxygens (including phenoxy) is 1. The maximum Gasteiger partial charge on any atom is 0.243 e. The summed E-state index contributed by atoms with van der Waals surface area (Å²) in [6.07, 6.45) is 1.10. The summed E-state index contributed by atoms with van der Waals surface area (Å²) in [4.78, 5) is 12.3. The van der Waals surface area contributed by atoms with Crippen molar-refractivity contribution >= 4 is 15.9 Å². The fraction of sp³-hybridized carbons (Fsp3) is 0.588. The minimum Gasteiger partial charge on any atom is -0.496 e. The van der Waals surface area contributed by atoms with Crippen LogP contribution in [-0.2, 0) is 14.8 Å². The molecule has 134 valence electrons. The number of piperidine rings is 1. The number of rotatable bonds is 5. The SMILES string of the molecule is COc1ccc(S(=O)(=O)N2CCC(C(=O)NC(C)C)CC2)cc1C. The molecule has 1 amide bonds. The third kappa shape index (κ3) is 4.08. The monoisotopic (exact) mass is 354 g/mol. The van der Waals surface area contributed by atoms with Crippen molar-refractivity contribution < 1.29 is 17.9 Å². The van der Waals surface area contributed by atoms with E-state index in [2.05, 4.69) is 5.32 Å². The Labute approximate surface area is 144 Å². The fourth-order valence-electron chi connectivity index (χ4n) is 2.92. The van der Waals surface area contributed by atoms with E-state index in [1.807, 2.05) is 20.8 Å².